The van der Waals surface area contributed by atoms with Crippen LogP contribution in [-0.2, 0) is 0 Å². The molecule has 0 saturated heterocycles. The zero-order valence-corrected chi connectivity index (χ0v) is 11.1. The van der Waals surface area contributed by atoms with E-state index in [2.05, 4.69) is 43.3 Å². The maximum atomic E-state index is 5.67. The third-order valence-corrected chi connectivity index (χ3v) is 3.71. The summed E-state index contributed by atoms with van der Waals surface area (Å²) in [6.07, 6.45) is 0. The number of nitrogens with zero attached hydrogens (tertiary/aromatic N) is 1. The third kappa shape index (κ3) is 2.39. The summed E-state index contributed by atoms with van der Waals surface area (Å²) in [6.45, 7) is 6.35. The lowest BCUT2D eigenvalue weighted by Crippen LogP contribution is -2.29. The second kappa shape index (κ2) is 4.96. The lowest BCUT2D eigenvalue weighted by Gasteiger charge is -2.18. The average molecular weight is 247 g/mol. The molecule has 1 atom stereocenters. The number of hydrogen-bond acceptors (Lipinski definition) is 4. The molecule has 1 aromatic heterocycles. The van der Waals surface area contributed by atoms with E-state index in [1.807, 2.05) is 10.9 Å². The van der Waals surface area contributed by atoms with Crippen molar-refractivity contribution in [1.82, 2.24) is 10.4 Å². The first-order chi connectivity index (χ1) is 8.13. The fourth-order valence-electron chi connectivity index (χ4n) is 1.99. The van der Waals surface area contributed by atoms with E-state index < -0.39 is 0 Å². The Hall–Kier alpha value is -1.23. The lowest BCUT2D eigenvalue weighted by molar-refractivity contribution is 0.620. The summed E-state index contributed by atoms with van der Waals surface area (Å²) >= 11 is 1.58. The highest BCUT2D eigenvalue weighted by atomic mass is 32.1. The SMILES string of the molecule is Cc1cc(C)c(C(NN)c2cscn2)cc1C. The number of aryl methyl sites for hydroxylation is 3. The second-order valence-corrected chi connectivity index (χ2v) is 5.02. The Morgan fingerprint density at radius 3 is 2.47 bits per heavy atom. The number of benzene rings is 1. The van der Waals surface area contributed by atoms with Crippen LogP contribution in [0, 0.1) is 20.8 Å². The van der Waals surface area contributed by atoms with Gasteiger partial charge in [0.15, 0.2) is 0 Å². The number of nitrogens with two attached hydrogens (primary N) is 1. The van der Waals surface area contributed by atoms with Crippen LogP contribution in [0.15, 0.2) is 23.0 Å². The molecule has 1 unspecified atom stereocenters. The number of nitrogens with one attached hydrogen (secondary N) is 1. The van der Waals surface area contributed by atoms with Crippen molar-refractivity contribution in [2.75, 3.05) is 0 Å². The lowest BCUT2D eigenvalue weighted by atomic mass is 9.95. The van der Waals surface area contributed by atoms with Crippen molar-refractivity contribution >= 4 is 11.3 Å². The molecule has 0 bridgehead atoms. The molecular weight excluding hydrogens is 230 g/mol. The number of thiazole rings is 1. The van der Waals surface area contributed by atoms with E-state index in [-0.39, 0.29) is 6.04 Å². The highest BCUT2D eigenvalue weighted by Gasteiger charge is 2.17. The number of rotatable bonds is 3. The van der Waals surface area contributed by atoms with E-state index in [4.69, 9.17) is 5.84 Å². The van der Waals surface area contributed by atoms with Crippen molar-refractivity contribution in [3.63, 3.8) is 0 Å². The van der Waals surface area contributed by atoms with Crippen LogP contribution in [-0.4, -0.2) is 4.98 Å². The maximum absolute atomic E-state index is 5.67. The molecule has 1 aromatic carbocycles. The van der Waals surface area contributed by atoms with E-state index in [1.54, 1.807) is 11.3 Å². The van der Waals surface area contributed by atoms with Gasteiger partial charge in [0, 0.05) is 5.38 Å². The van der Waals surface area contributed by atoms with Crippen LogP contribution in [0.4, 0.5) is 0 Å². The van der Waals surface area contributed by atoms with Gasteiger partial charge in [-0.1, -0.05) is 12.1 Å². The Labute approximate surface area is 106 Å². The smallest absolute Gasteiger partial charge is 0.0892 e. The van der Waals surface area contributed by atoms with Crippen molar-refractivity contribution in [3.05, 3.63) is 51.0 Å². The minimum absolute atomic E-state index is 0.0273. The van der Waals surface area contributed by atoms with Crippen LogP contribution in [0.5, 0.6) is 0 Å². The Balaban J connectivity index is 2.48. The Bertz CT molecular complexity index is 506. The summed E-state index contributed by atoms with van der Waals surface area (Å²) in [6, 6.07) is 4.36. The zero-order chi connectivity index (χ0) is 12.4. The summed E-state index contributed by atoms with van der Waals surface area (Å²) in [5.74, 6) is 5.67. The Morgan fingerprint density at radius 1 is 1.18 bits per heavy atom. The van der Waals surface area contributed by atoms with E-state index >= 15 is 0 Å². The van der Waals surface area contributed by atoms with Gasteiger partial charge in [-0.15, -0.1) is 11.3 Å². The molecule has 0 aliphatic carbocycles. The molecule has 0 saturated carbocycles. The van der Waals surface area contributed by atoms with Crippen molar-refractivity contribution in [1.29, 1.82) is 0 Å². The van der Waals surface area contributed by atoms with Gasteiger partial charge in [-0.25, -0.2) is 10.4 Å². The number of aromatic nitrogens is 1. The molecule has 2 rings (SSSR count). The van der Waals surface area contributed by atoms with E-state index in [0.717, 1.165) is 5.69 Å². The first-order valence-corrected chi connectivity index (χ1v) is 6.49. The molecule has 4 heteroatoms. The Morgan fingerprint density at radius 2 is 1.88 bits per heavy atom. The quantitative estimate of drug-likeness (QED) is 0.647. The normalized spacial score (nSPS) is 12.7. The molecule has 0 fully saturated rings. The van der Waals surface area contributed by atoms with Crippen molar-refractivity contribution in [2.24, 2.45) is 5.84 Å². The molecule has 17 heavy (non-hydrogen) atoms. The fraction of sp³-hybridized carbons (Fsp3) is 0.308. The Kier molecular flexibility index (Phi) is 3.57. The maximum Gasteiger partial charge on any atom is 0.0892 e. The topological polar surface area (TPSA) is 50.9 Å². The monoisotopic (exact) mass is 247 g/mol. The van der Waals surface area contributed by atoms with Crippen LogP contribution >= 0.6 is 11.3 Å². The predicted octanol–water partition coefficient (Wildman–Crippen LogP) is 2.62. The van der Waals surface area contributed by atoms with Crippen LogP contribution < -0.4 is 11.3 Å². The van der Waals surface area contributed by atoms with Gasteiger partial charge in [0.25, 0.3) is 0 Å². The molecule has 0 amide bonds. The largest absolute Gasteiger partial charge is 0.271 e. The molecule has 0 radical (unpaired) electrons. The second-order valence-electron chi connectivity index (χ2n) is 4.31. The van der Waals surface area contributed by atoms with E-state index in [0.29, 0.717) is 0 Å². The minimum atomic E-state index is -0.0273. The van der Waals surface area contributed by atoms with Crippen molar-refractivity contribution < 1.29 is 0 Å². The molecule has 1 heterocycles. The van der Waals surface area contributed by atoms with Crippen molar-refractivity contribution in [3.8, 4) is 0 Å². The van der Waals surface area contributed by atoms with Crippen LogP contribution in [0.1, 0.15) is 34.0 Å². The summed E-state index contributed by atoms with van der Waals surface area (Å²) < 4.78 is 0. The highest BCUT2D eigenvalue weighted by Crippen LogP contribution is 2.26. The molecule has 2 aromatic rings. The molecule has 0 spiro atoms. The van der Waals surface area contributed by atoms with Gasteiger partial charge >= 0.3 is 0 Å². The van der Waals surface area contributed by atoms with Gasteiger partial charge in [0.2, 0.25) is 0 Å². The average Bonchev–Trinajstić information content (AvgIpc) is 2.80. The molecule has 3 N–H and O–H groups in total. The summed E-state index contributed by atoms with van der Waals surface area (Å²) in [7, 11) is 0. The molecule has 0 aliphatic heterocycles. The fourth-order valence-corrected chi connectivity index (χ4v) is 2.57. The number of hydrazine groups is 1. The van der Waals surface area contributed by atoms with Gasteiger partial charge in [-0.3, -0.25) is 5.84 Å². The van der Waals surface area contributed by atoms with Gasteiger partial charge in [-0.2, -0.15) is 0 Å². The van der Waals surface area contributed by atoms with E-state index in [1.165, 1.54) is 22.3 Å². The van der Waals surface area contributed by atoms with Crippen LogP contribution in [0.3, 0.4) is 0 Å². The summed E-state index contributed by atoms with van der Waals surface area (Å²) in [5, 5.41) is 2.03. The minimum Gasteiger partial charge on any atom is -0.271 e. The van der Waals surface area contributed by atoms with E-state index in [9.17, 15) is 0 Å². The molecule has 90 valence electrons. The summed E-state index contributed by atoms with van der Waals surface area (Å²) in [5.41, 5.74) is 10.7. The predicted molar refractivity (Wildman–Crippen MR) is 71.9 cm³/mol. The van der Waals surface area contributed by atoms with Gasteiger partial charge in [0.05, 0.1) is 17.2 Å². The van der Waals surface area contributed by atoms with Crippen molar-refractivity contribution in [2.45, 2.75) is 26.8 Å². The van der Waals surface area contributed by atoms with Crippen LogP contribution in [0.25, 0.3) is 0 Å². The van der Waals surface area contributed by atoms with Gasteiger partial charge < -0.3 is 0 Å². The summed E-state index contributed by atoms with van der Waals surface area (Å²) in [4.78, 5) is 4.33. The molecule has 0 aliphatic rings. The van der Waals surface area contributed by atoms with Gasteiger partial charge in [-0.05, 0) is 43.0 Å². The third-order valence-electron chi connectivity index (χ3n) is 3.11. The number of hydrogen-bond donors (Lipinski definition) is 2. The first-order valence-electron chi connectivity index (χ1n) is 5.55. The zero-order valence-electron chi connectivity index (χ0n) is 10.3. The first kappa shape index (κ1) is 12.2. The van der Waals surface area contributed by atoms with Crippen LogP contribution in [0.2, 0.25) is 0 Å². The van der Waals surface area contributed by atoms with Gasteiger partial charge in [0.1, 0.15) is 0 Å². The molecular formula is C13H17N3S. The standard InChI is InChI=1S/C13H17N3S/c1-8-4-10(3)11(5-9(8)2)13(16-14)12-6-17-7-15-12/h4-7,13,16H,14H2,1-3H3. The highest BCUT2D eigenvalue weighted by molar-refractivity contribution is 7.07. The molecule has 3 nitrogen and oxygen atoms in total.